The maximum absolute atomic E-state index is 12.0. The van der Waals surface area contributed by atoms with Crippen LogP contribution >= 0.6 is 15.9 Å². The van der Waals surface area contributed by atoms with Gasteiger partial charge in [-0.3, -0.25) is 4.79 Å². The molecule has 0 aromatic heterocycles. The molecule has 0 spiro atoms. The number of hydrogen-bond acceptors (Lipinski definition) is 5. The molecule has 1 atom stereocenters. The van der Waals surface area contributed by atoms with Gasteiger partial charge in [0.25, 0.3) is 0 Å². The molecule has 0 radical (unpaired) electrons. The molecular weight excluding hydrogens is 364 g/mol. The van der Waals surface area contributed by atoms with Crippen LogP contribution in [0.25, 0.3) is 0 Å². The molecular formula is C17H13BrO5. The molecule has 2 aromatic rings. The van der Waals surface area contributed by atoms with Crippen molar-refractivity contribution < 1.29 is 23.8 Å². The first kappa shape index (κ1) is 15.6. The Morgan fingerprint density at radius 1 is 1.09 bits per heavy atom. The summed E-state index contributed by atoms with van der Waals surface area (Å²) < 4.78 is 16.9. The van der Waals surface area contributed by atoms with E-state index in [0.717, 1.165) is 4.47 Å². The second-order valence-corrected chi connectivity index (χ2v) is 5.82. The van der Waals surface area contributed by atoms with E-state index in [1.807, 2.05) is 6.07 Å². The zero-order valence-corrected chi connectivity index (χ0v) is 13.6. The van der Waals surface area contributed by atoms with Gasteiger partial charge in [0.2, 0.25) is 6.10 Å². The first-order valence-corrected chi connectivity index (χ1v) is 7.76. The molecule has 5 nitrogen and oxygen atoms in total. The SMILES string of the molecule is O=C(COC(=O)[C@H]1COc2ccccc2O1)c1ccc(Br)cc1. The van der Waals surface area contributed by atoms with E-state index in [2.05, 4.69) is 15.9 Å². The van der Waals surface area contributed by atoms with E-state index in [4.69, 9.17) is 14.2 Å². The molecule has 1 aliphatic rings. The van der Waals surface area contributed by atoms with Crippen molar-refractivity contribution in [2.24, 2.45) is 0 Å². The van der Waals surface area contributed by atoms with E-state index < -0.39 is 12.1 Å². The second kappa shape index (κ2) is 6.83. The number of carbonyl (C=O) groups is 2. The van der Waals surface area contributed by atoms with Crippen LogP contribution in [0.15, 0.2) is 53.0 Å². The number of Topliss-reactive ketones (excluding diaryl/α,β-unsaturated/α-hetero) is 1. The minimum Gasteiger partial charge on any atom is -0.485 e. The van der Waals surface area contributed by atoms with E-state index in [0.29, 0.717) is 17.1 Å². The topological polar surface area (TPSA) is 61.8 Å². The quantitative estimate of drug-likeness (QED) is 0.606. The molecule has 0 fully saturated rings. The number of ether oxygens (including phenoxy) is 3. The van der Waals surface area contributed by atoms with Crippen LogP contribution in [0, 0.1) is 0 Å². The van der Waals surface area contributed by atoms with Crippen molar-refractivity contribution in [2.45, 2.75) is 6.10 Å². The van der Waals surface area contributed by atoms with Crippen LogP contribution in [0.4, 0.5) is 0 Å². The molecule has 0 unspecified atom stereocenters. The number of para-hydroxylation sites is 2. The van der Waals surface area contributed by atoms with Crippen LogP contribution in [-0.2, 0) is 9.53 Å². The van der Waals surface area contributed by atoms with Gasteiger partial charge in [-0.1, -0.05) is 40.2 Å². The summed E-state index contributed by atoms with van der Waals surface area (Å²) in [5, 5.41) is 0. The lowest BCUT2D eigenvalue weighted by Crippen LogP contribution is -2.38. The standard InChI is InChI=1S/C17H13BrO5/c18-12-7-5-11(6-8-12)13(19)9-22-17(20)16-10-21-14-3-1-2-4-15(14)23-16/h1-8,16H,9-10H2/t16-/m1/s1. The number of benzene rings is 2. The number of rotatable bonds is 4. The van der Waals surface area contributed by atoms with Crippen molar-refractivity contribution in [1.82, 2.24) is 0 Å². The minimum absolute atomic E-state index is 0.0579. The molecule has 0 aliphatic carbocycles. The third-order valence-corrected chi connectivity index (χ3v) is 3.81. The lowest BCUT2D eigenvalue weighted by atomic mass is 10.1. The summed E-state index contributed by atoms with van der Waals surface area (Å²) in [5.41, 5.74) is 0.479. The Morgan fingerprint density at radius 2 is 1.78 bits per heavy atom. The molecule has 118 valence electrons. The normalized spacial score (nSPS) is 15.8. The van der Waals surface area contributed by atoms with Gasteiger partial charge in [0, 0.05) is 10.0 Å². The summed E-state index contributed by atoms with van der Waals surface area (Å²) >= 11 is 3.30. The zero-order valence-electron chi connectivity index (χ0n) is 12.0. The third-order valence-electron chi connectivity index (χ3n) is 3.28. The summed E-state index contributed by atoms with van der Waals surface area (Å²) in [6, 6.07) is 13.9. The van der Waals surface area contributed by atoms with Gasteiger partial charge in [0.15, 0.2) is 23.9 Å². The predicted octanol–water partition coefficient (Wildman–Crippen LogP) is 3.02. The van der Waals surface area contributed by atoms with Crippen LogP contribution in [0.3, 0.4) is 0 Å². The van der Waals surface area contributed by atoms with E-state index in [9.17, 15) is 9.59 Å². The molecule has 0 saturated heterocycles. The highest BCUT2D eigenvalue weighted by Gasteiger charge is 2.29. The highest BCUT2D eigenvalue weighted by atomic mass is 79.9. The average molecular weight is 377 g/mol. The Hall–Kier alpha value is -2.34. The monoisotopic (exact) mass is 376 g/mol. The van der Waals surface area contributed by atoms with Crippen LogP contribution in [0.1, 0.15) is 10.4 Å². The molecule has 23 heavy (non-hydrogen) atoms. The fraction of sp³-hybridized carbons (Fsp3) is 0.176. The van der Waals surface area contributed by atoms with Crippen molar-refractivity contribution in [3.05, 3.63) is 58.6 Å². The van der Waals surface area contributed by atoms with Crippen molar-refractivity contribution in [3.8, 4) is 11.5 Å². The fourth-order valence-corrected chi connectivity index (χ4v) is 2.35. The highest BCUT2D eigenvalue weighted by molar-refractivity contribution is 9.10. The predicted molar refractivity (Wildman–Crippen MR) is 85.8 cm³/mol. The summed E-state index contributed by atoms with van der Waals surface area (Å²) in [5.74, 6) is 0.176. The Kier molecular flexibility index (Phi) is 4.62. The van der Waals surface area contributed by atoms with Crippen molar-refractivity contribution in [2.75, 3.05) is 13.2 Å². The van der Waals surface area contributed by atoms with Crippen LogP contribution in [0.2, 0.25) is 0 Å². The molecule has 0 amide bonds. The Morgan fingerprint density at radius 3 is 2.52 bits per heavy atom. The highest BCUT2D eigenvalue weighted by Crippen LogP contribution is 2.31. The number of halogens is 1. The number of hydrogen-bond donors (Lipinski definition) is 0. The van der Waals surface area contributed by atoms with Crippen molar-refractivity contribution >= 4 is 27.7 Å². The van der Waals surface area contributed by atoms with Crippen molar-refractivity contribution in [3.63, 3.8) is 0 Å². The Bertz CT molecular complexity index is 726. The fourth-order valence-electron chi connectivity index (χ4n) is 2.08. The second-order valence-electron chi connectivity index (χ2n) is 4.90. The summed E-state index contributed by atoms with van der Waals surface area (Å²) in [6.45, 7) is -0.274. The van der Waals surface area contributed by atoms with Crippen LogP contribution in [0.5, 0.6) is 11.5 Å². The number of carbonyl (C=O) groups excluding carboxylic acids is 2. The molecule has 0 N–H and O–H groups in total. The van der Waals surface area contributed by atoms with Crippen LogP contribution in [-0.4, -0.2) is 31.1 Å². The number of esters is 1. The first-order valence-electron chi connectivity index (χ1n) is 6.97. The van der Waals surface area contributed by atoms with Gasteiger partial charge in [0.05, 0.1) is 0 Å². The van der Waals surface area contributed by atoms with E-state index in [1.54, 1.807) is 42.5 Å². The Balaban J connectivity index is 1.56. The number of fused-ring (bicyclic) bond motifs is 1. The zero-order chi connectivity index (χ0) is 16.2. The minimum atomic E-state index is -0.873. The summed E-state index contributed by atoms with van der Waals surface area (Å²) in [4.78, 5) is 24.0. The molecule has 0 saturated carbocycles. The lowest BCUT2D eigenvalue weighted by Gasteiger charge is -2.24. The lowest BCUT2D eigenvalue weighted by molar-refractivity contribution is -0.153. The molecule has 0 bridgehead atoms. The Labute approximate surface area is 141 Å². The van der Waals surface area contributed by atoms with Gasteiger partial charge >= 0.3 is 5.97 Å². The van der Waals surface area contributed by atoms with Gasteiger partial charge in [-0.25, -0.2) is 4.79 Å². The molecule has 1 aliphatic heterocycles. The molecule has 6 heteroatoms. The van der Waals surface area contributed by atoms with E-state index in [-0.39, 0.29) is 19.0 Å². The molecule has 3 rings (SSSR count). The summed E-state index contributed by atoms with van der Waals surface area (Å²) in [6.07, 6.45) is -0.873. The van der Waals surface area contributed by atoms with Gasteiger partial charge in [-0.05, 0) is 24.3 Å². The molecule has 1 heterocycles. The van der Waals surface area contributed by atoms with Gasteiger partial charge in [-0.2, -0.15) is 0 Å². The van der Waals surface area contributed by atoms with Gasteiger partial charge in [0.1, 0.15) is 6.61 Å². The van der Waals surface area contributed by atoms with Gasteiger partial charge < -0.3 is 14.2 Å². The maximum atomic E-state index is 12.0. The van der Waals surface area contributed by atoms with Gasteiger partial charge in [-0.15, -0.1) is 0 Å². The van der Waals surface area contributed by atoms with E-state index >= 15 is 0 Å². The smallest absolute Gasteiger partial charge is 0.351 e. The van der Waals surface area contributed by atoms with E-state index in [1.165, 1.54) is 0 Å². The molecule has 2 aromatic carbocycles. The number of ketones is 1. The largest absolute Gasteiger partial charge is 0.485 e. The first-order chi connectivity index (χ1) is 11.1. The maximum Gasteiger partial charge on any atom is 0.351 e. The van der Waals surface area contributed by atoms with Crippen molar-refractivity contribution in [1.29, 1.82) is 0 Å². The average Bonchev–Trinajstić information content (AvgIpc) is 2.59. The van der Waals surface area contributed by atoms with Crippen LogP contribution < -0.4 is 9.47 Å². The summed E-state index contributed by atoms with van der Waals surface area (Å²) in [7, 11) is 0. The third kappa shape index (κ3) is 3.71.